The summed E-state index contributed by atoms with van der Waals surface area (Å²) >= 11 is 0. The van der Waals surface area contributed by atoms with Gasteiger partial charge in [0.2, 0.25) is 0 Å². The summed E-state index contributed by atoms with van der Waals surface area (Å²) in [4.78, 5) is 23.4. The summed E-state index contributed by atoms with van der Waals surface area (Å²) < 4.78 is 4.88. The van der Waals surface area contributed by atoms with Crippen molar-refractivity contribution in [2.24, 2.45) is 0 Å². The van der Waals surface area contributed by atoms with Crippen LogP contribution in [0.5, 0.6) is 0 Å². The smallest absolute Gasteiger partial charge is 0.410 e. The maximum absolute atomic E-state index is 11.4. The van der Waals surface area contributed by atoms with Gasteiger partial charge in [0.05, 0.1) is 6.61 Å². The molecule has 5 nitrogen and oxygen atoms in total. The third-order valence-electron chi connectivity index (χ3n) is 2.20. The first-order valence-electron chi connectivity index (χ1n) is 4.83. The van der Waals surface area contributed by atoms with Crippen molar-refractivity contribution in [1.29, 1.82) is 0 Å². The molecule has 80 valence electrons. The lowest BCUT2D eigenvalue weighted by Crippen LogP contribution is -2.40. The minimum absolute atomic E-state index is 0.349. The van der Waals surface area contributed by atoms with E-state index in [1.54, 1.807) is 0 Å². The van der Waals surface area contributed by atoms with Gasteiger partial charge in [-0.1, -0.05) is 6.92 Å². The van der Waals surface area contributed by atoms with E-state index in [1.165, 1.54) is 4.90 Å². The topological polar surface area (TPSA) is 66.8 Å². The molecule has 0 bridgehead atoms. The number of carbonyl (C=O) groups is 2. The Balaban J connectivity index is 2.49. The number of carboxylic acid groups (broad SMARTS) is 1. The van der Waals surface area contributed by atoms with Crippen LogP contribution in [0.1, 0.15) is 26.2 Å². The zero-order chi connectivity index (χ0) is 10.6. The van der Waals surface area contributed by atoms with Crippen molar-refractivity contribution < 1.29 is 19.4 Å². The molecule has 1 rings (SSSR count). The second-order valence-electron chi connectivity index (χ2n) is 3.30. The highest BCUT2D eigenvalue weighted by molar-refractivity contribution is 5.80. The molecule has 0 aromatic heterocycles. The number of ether oxygens (including phenoxy) is 1. The van der Waals surface area contributed by atoms with Crippen LogP contribution in [-0.4, -0.2) is 41.3 Å². The Labute approximate surface area is 82.6 Å². The van der Waals surface area contributed by atoms with Crippen LogP contribution in [0, 0.1) is 0 Å². The largest absolute Gasteiger partial charge is 0.480 e. The minimum atomic E-state index is -0.948. The highest BCUT2D eigenvalue weighted by Gasteiger charge is 2.34. The van der Waals surface area contributed by atoms with Gasteiger partial charge in [-0.2, -0.15) is 0 Å². The molecule has 1 atom stereocenters. The van der Waals surface area contributed by atoms with Gasteiger partial charge in [-0.15, -0.1) is 0 Å². The number of amides is 1. The number of carboxylic acids is 1. The number of rotatable bonds is 3. The molecule has 0 aromatic rings. The third-order valence-corrected chi connectivity index (χ3v) is 2.20. The van der Waals surface area contributed by atoms with Crippen molar-refractivity contribution in [1.82, 2.24) is 4.90 Å². The van der Waals surface area contributed by atoms with Crippen molar-refractivity contribution in [3.8, 4) is 0 Å². The number of hydrogen-bond donors (Lipinski definition) is 1. The van der Waals surface area contributed by atoms with Gasteiger partial charge in [-0.3, -0.25) is 4.90 Å². The first kappa shape index (κ1) is 10.8. The number of likely N-dealkylation sites (tertiary alicyclic amines) is 1. The van der Waals surface area contributed by atoms with E-state index in [2.05, 4.69) is 0 Å². The molecular formula is C9H15NO4. The molecule has 1 amide bonds. The first-order chi connectivity index (χ1) is 6.66. The van der Waals surface area contributed by atoms with Crippen LogP contribution in [-0.2, 0) is 9.53 Å². The molecule has 0 spiro atoms. The quantitative estimate of drug-likeness (QED) is 0.742. The van der Waals surface area contributed by atoms with Gasteiger partial charge in [0.15, 0.2) is 0 Å². The first-order valence-corrected chi connectivity index (χ1v) is 4.83. The SMILES string of the molecule is CCCOC(=O)N1CCCC1C(=O)O. The van der Waals surface area contributed by atoms with E-state index in [4.69, 9.17) is 9.84 Å². The zero-order valence-electron chi connectivity index (χ0n) is 8.23. The van der Waals surface area contributed by atoms with E-state index in [1.807, 2.05) is 6.92 Å². The molecule has 1 heterocycles. The highest BCUT2D eigenvalue weighted by Crippen LogP contribution is 2.18. The van der Waals surface area contributed by atoms with E-state index in [0.29, 0.717) is 19.6 Å². The zero-order valence-corrected chi connectivity index (χ0v) is 8.23. The summed E-state index contributed by atoms with van der Waals surface area (Å²) in [6.45, 7) is 2.73. The normalized spacial score (nSPS) is 20.9. The third kappa shape index (κ3) is 2.37. The molecule has 1 saturated heterocycles. The lowest BCUT2D eigenvalue weighted by atomic mass is 10.2. The van der Waals surface area contributed by atoms with Crippen LogP contribution in [0.3, 0.4) is 0 Å². The van der Waals surface area contributed by atoms with Crippen LogP contribution in [0.25, 0.3) is 0 Å². The van der Waals surface area contributed by atoms with E-state index < -0.39 is 18.1 Å². The van der Waals surface area contributed by atoms with Gasteiger partial charge in [0.1, 0.15) is 6.04 Å². The maximum Gasteiger partial charge on any atom is 0.410 e. The Kier molecular flexibility index (Phi) is 3.73. The van der Waals surface area contributed by atoms with Gasteiger partial charge in [0, 0.05) is 6.54 Å². The van der Waals surface area contributed by atoms with Crippen molar-refractivity contribution in [3.63, 3.8) is 0 Å². The molecule has 0 aliphatic carbocycles. The molecule has 14 heavy (non-hydrogen) atoms. The van der Waals surface area contributed by atoms with Crippen LogP contribution in [0.15, 0.2) is 0 Å². The van der Waals surface area contributed by atoms with Crippen molar-refractivity contribution in [3.05, 3.63) is 0 Å². The second kappa shape index (κ2) is 4.83. The average Bonchev–Trinajstić information content (AvgIpc) is 2.62. The summed E-state index contributed by atoms with van der Waals surface area (Å²) in [5, 5.41) is 8.81. The predicted octanol–water partition coefficient (Wildman–Crippen LogP) is 1.08. The lowest BCUT2D eigenvalue weighted by Gasteiger charge is -2.20. The fraction of sp³-hybridized carbons (Fsp3) is 0.778. The fourth-order valence-corrected chi connectivity index (χ4v) is 1.51. The summed E-state index contributed by atoms with van der Waals surface area (Å²) in [5.74, 6) is -0.948. The molecule has 1 fully saturated rings. The Morgan fingerprint density at radius 1 is 1.57 bits per heavy atom. The number of aliphatic carboxylic acids is 1. The minimum Gasteiger partial charge on any atom is -0.480 e. The average molecular weight is 201 g/mol. The van der Waals surface area contributed by atoms with Gasteiger partial charge >= 0.3 is 12.1 Å². The van der Waals surface area contributed by atoms with Gasteiger partial charge in [0.25, 0.3) is 0 Å². The van der Waals surface area contributed by atoms with Crippen molar-refractivity contribution >= 4 is 12.1 Å². The summed E-state index contributed by atoms with van der Waals surface area (Å²) in [6, 6.07) is -0.695. The van der Waals surface area contributed by atoms with E-state index in [-0.39, 0.29) is 0 Å². The number of nitrogens with zero attached hydrogens (tertiary/aromatic N) is 1. The molecule has 1 aliphatic heterocycles. The van der Waals surface area contributed by atoms with Crippen LogP contribution >= 0.6 is 0 Å². The van der Waals surface area contributed by atoms with E-state index >= 15 is 0 Å². The Hall–Kier alpha value is -1.26. The number of hydrogen-bond acceptors (Lipinski definition) is 3. The molecule has 1 N–H and O–H groups in total. The molecule has 0 saturated carbocycles. The molecule has 0 aromatic carbocycles. The predicted molar refractivity (Wildman–Crippen MR) is 49.0 cm³/mol. The Morgan fingerprint density at radius 2 is 2.29 bits per heavy atom. The Bertz CT molecular complexity index is 229. The van der Waals surface area contributed by atoms with Gasteiger partial charge in [-0.05, 0) is 19.3 Å². The summed E-state index contributed by atoms with van der Waals surface area (Å²) in [6.07, 6.45) is 1.50. The molecule has 0 radical (unpaired) electrons. The molecule has 5 heteroatoms. The number of carbonyl (C=O) groups excluding carboxylic acids is 1. The lowest BCUT2D eigenvalue weighted by molar-refractivity contribution is -0.141. The maximum atomic E-state index is 11.4. The van der Waals surface area contributed by atoms with E-state index in [9.17, 15) is 9.59 Å². The summed E-state index contributed by atoms with van der Waals surface area (Å²) in [7, 11) is 0. The standard InChI is InChI=1S/C9H15NO4/c1-2-6-14-9(13)10-5-3-4-7(10)8(11)12/h7H,2-6H2,1H3,(H,11,12). The van der Waals surface area contributed by atoms with Crippen LogP contribution in [0.2, 0.25) is 0 Å². The van der Waals surface area contributed by atoms with Crippen LogP contribution in [0.4, 0.5) is 4.79 Å². The molecular weight excluding hydrogens is 186 g/mol. The molecule has 1 unspecified atom stereocenters. The second-order valence-corrected chi connectivity index (χ2v) is 3.30. The van der Waals surface area contributed by atoms with E-state index in [0.717, 1.165) is 12.8 Å². The Morgan fingerprint density at radius 3 is 2.86 bits per heavy atom. The van der Waals surface area contributed by atoms with Gasteiger partial charge in [-0.25, -0.2) is 9.59 Å². The van der Waals surface area contributed by atoms with Crippen molar-refractivity contribution in [2.45, 2.75) is 32.2 Å². The monoisotopic (exact) mass is 201 g/mol. The summed E-state index contributed by atoms with van der Waals surface area (Å²) in [5.41, 5.74) is 0. The fourth-order valence-electron chi connectivity index (χ4n) is 1.51. The van der Waals surface area contributed by atoms with Gasteiger partial charge < -0.3 is 9.84 Å². The van der Waals surface area contributed by atoms with Crippen LogP contribution < -0.4 is 0 Å². The highest BCUT2D eigenvalue weighted by atomic mass is 16.6. The molecule has 1 aliphatic rings. The van der Waals surface area contributed by atoms with Crippen molar-refractivity contribution in [2.75, 3.05) is 13.2 Å².